The zero-order valence-electron chi connectivity index (χ0n) is 42.2. The van der Waals surface area contributed by atoms with Crippen molar-refractivity contribution in [3.63, 3.8) is 0 Å². The summed E-state index contributed by atoms with van der Waals surface area (Å²) in [7, 11) is 0. The van der Waals surface area contributed by atoms with E-state index in [9.17, 15) is 0 Å². The van der Waals surface area contributed by atoms with Crippen molar-refractivity contribution in [1.29, 1.82) is 0 Å². The van der Waals surface area contributed by atoms with Gasteiger partial charge in [-0.15, -0.1) is 0 Å². The monoisotopic (exact) mass is 982 g/mol. The molecule has 0 aliphatic heterocycles. The number of nitrogens with zero attached hydrogens (tertiary/aromatic N) is 2. The van der Waals surface area contributed by atoms with Crippen molar-refractivity contribution in [2.75, 3.05) is 9.80 Å². The second-order valence-corrected chi connectivity index (χ2v) is 20.3. The molecule has 3 heteroatoms. The fourth-order valence-corrected chi connectivity index (χ4v) is 13.3. The molecule has 0 amide bonds. The van der Waals surface area contributed by atoms with E-state index in [1.807, 2.05) is 6.07 Å². The van der Waals surface area contributed by atoms with Crippen LogP contribution in [0.2, 0.25) is 0 Å². The van der Waals surface area contributed by atoms with Crippen LogP contribution in [0.1, 0.15) is 44.5 Å². The second kappa shape index (κ2) is 17.9. The maximum Gasteiger partial charge on any atom is 0.137 e. The highest BCUT2D eigenvalue weighted by Crippen LogP contribution is 2.59. The first-order valence-corrected chi connectivity index (χ1v) is 26.6. The standard InChI is InChI=1S/C74H50N2O/c1-5-23-51(24-6-1)73(52-25-7-2-8-26-52)69-41-19-15-37-63(69)66-49-59(44-46-70(66)73)75(55-30-11-4-12-31-55)57-33-22-34-58(48-57)76(60-43-45-65-64-38-16-20-42-71(64)77-72(65)50-60)56-32-21-29-54(47-56)74(53-27-9-3-10-28-53)67-39-17-13-35-61(67)62-36-14-18-40-68(62)74/h1-50H. The van der Waals surface area contributed by atoms with Crippen LogP contribution in [0, 0.1) is 0 Å². The third-order valence-electron chi connectivity index (χ3n) is 16.4. The summed E-state index contributed by atoms with van der Waals surface area (Å²) in [5.74, 6) is 0. The molecule has 0 fully saturated rings. The highest BCUT2D eigenvalue weighted by Gasteiger charge is 2.47. The van der Waals surface area contributed by atoms with E-state index < -0.39 is 10.8 Å². The summed E-state index contributed by atoms with van der Waals surface area (Å²) in [5.41, 5.74) is 21.9. The Labute approximate surface area is 448 Å². The average Bonchev–Trinajstić information content (AvgIpc) is 4.36. The van der Waals surface area contributed by atoms with Crippen LogP contribution in [-0.4, -0.2) is 0 Å². The van der Waals surface area contributed by atoms with Crippen molar-refractivity contribution in [3.8, 4) is 22.3 Å². The SMILES string of the molecule is c1ccc(N(c2cccc(N(c3cccc(C4(c5ccccc5)c5ccccc5-c5ccccc54)c3)c3ccc4c(c3)oc3ccccc34)c2)c2ccc3c(c2)-c2ccccc2C3(c2ccccc2)c2ccccc2)cc1. The average molecular weight is 983 g/mol. The number of fused-ring (bicyclic) bond motifs is 9. The predicted molar refractivity (Wildman–Crippen MR) is 318 cm³/mol. The van der Waals surface area contributed by atoms with Crippen LogP contribution in [0.3, 0.4) is 0 Å². The van der Waals surface area contributed by atoms with Gasteiger partial charge >= 0.3 is 0 Å². The van der Waals surface area contributed by atoms with Crippen LogP contribution in [-0.2, 0) is 10.8 Å². The molecular formula is C74H50N2O. The van der Waals surface area contributed by atoms with E-state index in [0.29, 0.717) is 0 Å². The minimum Gasteiger partial charge on any atom is -0.456 e. The molecule has 0 saturated carbocycles. The molecule has 2 aliphatic carbocycles. The van der Waals surface area contributed by atoms with Crippen LogP contribution >= 0.6 is 0 Å². The molecule has 362 valence electrons. The Morgan fingerprint density at radius 3 is 1.19 bits per heavy atom. The summed E-state index contributed by atoms with van der Waals surface area (Å²) in [4.78, 5) is 4.81. The van der Waals surface area contributed by atoms with E-state index in [-0.39, 0.29) is 0 Å². The van der Waals surface area contributed by atoms with Crippen LogP contribution in [0.15, 0.2) is 308 Å². The van der Waals surface area contributed by atoms with Gasteiger partial charge in [0, 0.05) is 51.0 Å². The van der Waals surface area contributed by atoms with Gasteiger partial charge in [0.2, 0.25) is 0 Å². The lowest BCUT2D eigenvalue weighted by Gasteiger charge is -2.35. The number of rotatable bonds is 10. The van der Waals surface area contributed by atoms with Gasteiger partial charge in [0.1, 0.15) is 11.2 Å². The summed E-state index contributed by atoms with van der Waals surface area (Å²) < 4.78 is 6.65. The van der Waals surface area contributed by atoms with E-state index in [0.717, 1.165) is 56.1 Å². The molecule has 1 aromatic heterocycles. The largest absolute Gasteiger partial charge is 0.456 e. The fourth-order valence-electron chi connectivity index (χ4n) is 13.3. The molecule has 12 aromatic carbocycles. The summed E-state index contributed by atoms with van der Waals surface area (Å²) in [5, 5.41) is 2.19. The van der Waals surface area contributed by atoms with E-state index in [1.165, 1.54) is 66.8 Å². The van der Waals surface area contributed by atoms with Gasteiger partial charge in [0.15, 0.2) is 0 Å². The Bertz CT molecular complexity index is 4270. The number of hydrogen-bond donors (Lipinski definition) is 0. The number of hydrogen-bond acceptors (Lipinski definition) is 3. The molecule has 3 nitrogen and oxygen atoms in total. The van der Waals surface area contributed by atoms with Gasteiger partial charge in [-0.25, -0.2) is 0 Å². The highest BCUT2D eigenvalue weighted by molar-refractivity contribution is 6.06. The Balaban J connectivity index is 0.935. The van der Waals surface area contributed by atoms with Gasteiger partial charge in [-0.05, 0) is 140 Å². The maximum absolute atomic E-state index is 6.65. The lowest BCUT2D eigenvalue weighted by Crippen LogP contribution is -2.28. The molecule has 77 heavy (non-hydrogen) atoms. The molecule has 0 radical (unpaired) electrons. The Kier molecular flexibility index (Phi) is 10.3. The third kappa shape index (κ3) is 6.77. The molecule has 1 heterocycles. The van der Waals surface area contributed by atoms with Crippen molar-refractivity contribution in [3.05, 3.63) is 348 Å². The van der Waals surface area contributed by atoms with Gasteiger partial charge in [-0.1, -0.05) is 224 Å². The van der Waals surface area contributed by atoms with E-state index in [2.05, 4.69) is 307 Å². The van der Waals surface area contributed by atoms with Crippen LogP contribution in [0.5, 0.6) is 0 Å². The minimum absolute atomic E-state index is 0.498. The quantitative estimate of drug-likeness (QED) is 0.136. The van der Waals surface area contributed by atoms with Crippen LogP contribution in [0.4, 0.5) is 34.1 Å². The molecule has 0 bridgehead atoms. The first-order chi connectivity index (χ1) is 38.2. The fraction of sp³-hybridized carbons (Fsp3) is 0.0270. The lowest BCUT2D eigenvalue weighted by atomic mass is 9.67. The van der Waals surface area contributed by atoms with Gasteiger partial charge in [-0.2, -0.15) is 0 Å². The normalized spacial score (nSPS) is 13.4. The smallest absolute Gasteiger partial charge is 0.137 e. The molecule has 13 aromatic rings. The number of benzene rings is 12. The molecule has 2 aliphatic rings. The third-order valence-corrected chi connectivity index (χ3v) is 16.4. The van der Waals surface area contributed by atoms with E-state index >= 15 is 0 Å². The first kappa shape index (κ1) is 44.5. The Hall–Kier alpha value is -9.96. The van der Waals surface area contributed by atoms with Crippen molar-refractivity contribution >= 4 is 56.1 Å². The molecule has 0 unspecified atom stereocenters. The van der Waals surface area contributed by atoms with Crippen molar-refractivity contribution in [2.45, 2.75) is 10.8 Å². The molecule has 0 spiro atoms. The summed E-state index contributed by atoms with van der Waals surface area (Å²) in [6, 6.07) is 111. The predicted octanol–water partition coefficient (Wildman–Crippen LogP) is 19.3. The van der Waals surface area contributed by atoms with Crippen LogP contribution < -0.4 is 9.80 Å². The molecular weight excluding hydrogens is 933 g/mol. The van der Waals surface area contributed by atoms with Gasteiger partial charge in [-0.3, -0.25) is 0 Å². The van der Waals surface area contributed by atoms with Crippen molar-refractivity contribution in [2.24, 2.45) is 0 Å². The maximum atomic E-state index is 6.65. The van der Waals surface area contributed by atoms with Crippen LogP contribution in [0.25, 0.3) is 44.2 Å². The molecule has 15 rings (SSSR count). The zero-order valence-corrected chi connectivity index (χ0v) is 42.2. The number of furan rings is 1. The number of para-hydroxylation sites is 2. The van der Waals surface area contributed by atoms with E-state index in [4.69, 9.17) is 4.42 Å². The zero-order chi connectivity index (χ0) is 50.9. The molecule has 0 N–H and O–H groups in total. The second-order valence-electron chi connectivity index (χ2n) is 20.3. The Morgan fingerprint density at radius 1 is 0.221 bits per heavy atom. The van der Waals surface area contributed by atoms with Crippen molar-refractivity contribution < 1.29 is 4.42 Å². The molecule has 0 atom stereocenters. The number of anilines is 6. The van der Waals surface area contributed by atoms with Crippen molar-refractivity contribution in [1.82, 2.24) is 0 Å². The summed E-state index contributed by atoms with van der Waals surface area (Å²) in [6.07, 6.45) is 0. The van der Waals surface area contributed by atoms with Gasteiger partial charge in [0.25, 0.3) is 0 Å². The van der Waals surface area contributed by atoms with Gasteiger partial charge < -0.3 is 14.2 Å². The topological polar surface area (TPSA) is 19.6 Å². The first-order valence-electron chi connectivity index (χ1n) is 26.6. The Morgan fingerprint density at radius 2 is 0.597 bits per heavy atom. The summed E-state index contributed by atoms with van der Waals surface area (Å²) >= 11 is 0. The minimum atomic E-state index is -0.574. The molecule has 0 saturated heterocycles. The highest BCUT2D eigenvalue weighted by atomic mass is 16.3. The van der Waals surface area contributed by atoms with Gasteiger partial charge in [0.05, 0.1) is 10.8 Å². The summed E-state index contributed by atoms with van der Waals surface area (Å²) in [6.45, 7) is 0. The lowest BCUT2D eigenvalue weighted by molar-refractivity contribution is 0.669. The van der Waals surface area contributed by atoms with E-state index in [1.54, 1.807) is 0 Å².